The first-order valence-corrected chi connectivity index (χ1v) is 5.68. The van der Waals surface area contributed by atoms with Crippen LogP contribution in [-0.4, -0.2) is 33.3 Å². The van der Waals surface area contributed by atoms with E-state index < -0.39 is 12.1 Å². The normalized spacial score (nSPS) is 11.8. The highest BCUT2D eigenvalue weighted by Crippen LogP contribution is 2.25. The maximum Gasteiger partial charge on any atom is 0.346 e. The van der Waals surface area contributed by atoms with Crippen molar-refractivity contribution in [3.63, 3.8) is 0 Å². The van der Waals surface area contributed by atoms with Crippen LogP contribution in [0.3, 0.4) is 0 Å². The highest BCUT2D eigenvalue weighted by atomic mass is 16.6. The van der Waals surface area contributed by atoms with Gasteiger partial charge in [-0.3, -0.25) is 0 Å². The lowest BCUT2D eigenvalue weighted by Crippen LogP contribution is -2.25. The number of carbonyl (C=O) groups is 1. The number of hydrogen-bond donors (Lipinski definition) is 1. The molecule has 1 atom stereocenters. The first-order valence-electron chi connectivity index (χ1n) is 5.68. The number of rotatable bonds is 6. The molecule has 0 aliphatic rings. The summed E-state index contributed by atoms with van der Waals surface area (Å²) in [4.78, 5) is 11.3. The number of benzene rings is 1. The van der Waals surface area contributed by atoms with Crippen molar-refractivity contribution in [3.8, 4) is 11.5 Å². The average molecular weight is 253 g/mol. The van der Waals surface area contributed by atoms with Crippen LogP contribution in [0.5, 0.6) is 11.5 Å². The SMILES string of the molecule is CNCc1ccc(OC)cc1OC(C)C(=O)OC. The molecule has 0 radical (unpaired) electrons. The van der Waals surface area contributed by atoms with Gasteiger partial charge in [0.2, 0.25) is 0 Å². The van der Waals surface area contributed by atoms with Gasteiger partial charge < -0.3 is 19.5 Å². The van der Waals surface area contributed by atoms with Crippen molar-refractivity contribution in [1.82, 2.24) is 5.32 Å². The number of ether oxygens (including phenoxy) is 3. The molecule has 0 heterocycles. The molecule has 1 rings (SSSR count). The lowest BCUT2D eigenvalue weighted by atomic mass is 10.2. The maximum absolute atomic E-state index is 11.3. The largest absolute Gasteiger partial charge is 0.497 e. The molecule has 18 heavy (non-hydrogen) atoms. The van der Waals surface area contributed by atoms with Crippen molar-refractivity contribution >= 4 is 5.97 Å². The maximum atomic E-state index is 11.3. The fourth-order valence-electron chi connectivity index (χ4n) is 1.51. The summed E-state index contributed by atoms with van der Waals surface area (Å²) in [5, 5.41) is 3.04. The van der Waals surface area contributed by atoms with Crippen molar-refractivity contribution in [2.45, 2.75) is 19.6 Å². The summed E-state index contributed by atoms with van der Waals surface area (Å²) < 4.78 is 15.4. The van der Waals surface area contributed by atoms with Crippen LogP contribution in [0, 0.1) is 0 Å². The van der Waals surface area contributed by atoms with Gasteiger partial charge in [0.25, 0.3) is 0 Å². The molecule has 1 aromatic rings. The van der Waals surface area contributed by atoms with Crippen molar-refractivity contribution in [3.05, 3.63) is 23.8 Å². The third-order valence-corrected chi connectivity index (χ3v) is 2.48. The van der Waals surface area contributed by atoms with Gasteiger partial charge in [0.05, 0.1) is 14.2 Å². The molecule has 0 aliphatic carbocycles. The van der Waals surface area contributed by atoms with Crippen molar-refractivity contribution < 1.29 is 19.0 Å². The molecule has 0 bridgehead atoms. The Kier molecular flexibility index (Phi) is 5.45. The van der Waals surface area contributed by atoms with E-state index in [0.29, 0.717) is 18.0 Å². The molecular weight excluding hydrogens is 234 g/mol. The molecule has 0 saturated heterocycles. The van der Waals surface area contributed by atoms with Crippen LogP contribution in [-0.2, 0) is 16.1 Å². The van der Waals surface area contributed by atoms with Gasteiger partial charge >= 0.3 is 5.97 Å². The van der Waals surface area contributed by atoms with Gasteiger partial charge in [-0.05, 0) is 20.0 Å². The van der Waals surface area contributed by atoms with Crippen LogP contribution in [0.4, 0.5) is 0 Å². The van der Waals surface area contributed by atoms with E-state index in [1.807, 2.05) is 19.2 Å². The van der Waals surface area contributed by atoms with Crippen molar-refractivity contribution in [1.29, 1.82) is 0 Å². The second-order valence-corrected chi connectivity index (χ2v) is 3.79. The van der Waals surface area contributed by atoms with Crippen LogP contribution in [0.1, 0.15) is 12.5 Å². The third-order valence-electron chi connectivity index (χ3n) is 2.48. The van der Waals surface area contributed by atoms with E-state index in [2.05, 4.69) is 10.1 Å². The second kappa shape index (κ2) is 6.86. The lowest BCUT2D eigenvalue weighted by Gasteiger charge is -2.16. The highest BCUT2D eigenvalue weighted by molar-refractivity contribution is 5.74. The Morgan fingerprint density at radius 2 is 2.11 bits per heavy atom. The van der Waals surface area contributed by atoms with Gasteiger partial charge in [-0.15, -0.1) is 0 Å². The molecule has 0 spiro atoms. The number of carbonyl (C=O) groups excluding carboxylic acids is 1. The standard InChI is InChI=1S/C13H19NO4/c1-9(13(15)17-4)18-12-7-11(16-3)6-5-10(12)8-14-2/h5-7,9,14H,8H2,1-4H3. The summed E-state index contributed by atoms with van der Waals surface area (Å²) in [6.45, 7) is 2.29. The molecule has 1 unspecified atom stereocenters. The number of hydrogen-bond acceptors (Lipinski definition) is 5. The predicted octanol–water partition coefficient (Wildman–Crippen LogP) is 1.35. The molecule has 1 N–H and O–H groups in total. The van der Waals surface area contributed by atoms with Gasteiger partial charge in [-0.25, -0.2) is 4.79 Å². The Balaban J connectivity index is 2.92. The van der Waals surface area contributed by atoms with Crippen LogP contribution in [0.25, 0.3) is 0 Å². The minimum absolute atomic E-state index is 0.409. The highest BCUT2D eigenvalue weighted by Gasteiger charge is 2.17. The topological polar surface area (TPSA) is 56.8 Å². The molecule has 100 valence electrons. The Morgan fingerprint density at radius 3 is 2.67 bits per heavy atom. The minimum atomic E-state index is -0.655. The molecule has 0 aromatic heterocycles. The molecule has 0 amide bonds. The lowest BCUT2D eigenvalue weighted by molar-refractivity contribution is -0.147. The Labute approximate surface area is 107 Å². The molecule has 0 aliphatic heterocycles. The second-order valence-electron chi connectivity index (χ2n) is 3.79. The number of methoxy groups -OCH3 is 2. The Bertz CT molecular complexity index is 406. The van der Waals surface area contributed by atoms with E-state index in [4.69, 9.17) is 9.47 Å². The van der Waals surface area contributed by atoms with E-state index >= 15 is 0 Å². The van der Waals surface area contributed by atoms with Gasteiger partial charge in [-0.2, -0.15) is 0 Å². The first-order chi connectivity index (χ1) is 8.62. The van der Waals surface area contributed by atoms with Crippen LogP contribution < -0.4 is 14.8 Å². The third kappa shape index (κ3) is 3.63. The van der Waals surface area contributed by atoms with Gasteiger partial charge in [0, 0.05) is 18.2 Å². The van der Waals surface area contributed by atoms with Gasteiger partial charge in [0.15, 0.2) is 6.10 Å². The smallest absolute Gasteiger partial charge is 0.346 e. The zero-order valence-corrected chi connectivity index (χ0v) is 11.1. The number of nitrogens with one attached hydrogen (secondary N) is 1. The molecule has 1 aromatic carbocycles. The quantitative estimate of drug-likeness (QED) is 0.776. The minimum Gasteiger partial charge on any atom is -0.497 e. The van der Waals surface area contributed by atoms with Crippen LogP contribution >= 0.6 is 0 Å². The summed E-state index contributed by atoms with van der Waals surface area (Å²) in [6.07, 6.45) is -0.655. The summed E-state index contributed by atoms with van der Waals surface area (Å²) in [6, 6.07) is 5.50. The van der Waals surface area contributed by atoms with E-state index in [0.717, 1.165) is 5.56 Å². The summed E-state index contributed by atoms with van der Waals surface area (Å²) in [7, 11) is 4.76. The van der Waals surface area contributed by atoms with Crippen LogP contribution in [0.15, 0.2) is 18.2 Å². The fourth-order valence-corrected chi connectivity index (χ4v) is 1.51. The van der Waals surface area contributed by atoms with E-state index in [-0.39, 0.29) is 0 Å². The van der Waals surface area contributed by atoms with Crippen molar-refractivity contribution in [2.24, 2.45) is 0 Å². The van der Waals surface area contributed by atoms with Gasteiger partial charge in [0.1, 0.15) is 11.5 Å². The summed E-state index contributed by atoms with van der Waals surface area (Å²) >= 11 is 0. The van der Waals surface area contributed by atoms with Gasteiger partial charge in [-0.1, -0.05) is 6.07 Å². The molecular formula is C13H19NO4. The Hall–Kier alpha value is -1.75. The summed E-state index contributed by atoms with van der Waals surface area (Å²) in [5.41, 5.74) is 0.953. The fraction of sp³-hybridized carbons (Fsp3) is 0.462. The number of esters is 1. The zero-order chi connectivity index (χ0) is 13.5. The average Bonchev–Trinajstić information content (AvgIpc) is 2.39. The predicted molar refractivity (Wildman–Crippen MR) is 67.9 cm³/mol. The van der Waals surface area contributed by atoms with E-state index in [9.17, 15) is 4.79 Å². The first kappa shape index (κ1) is 14.3. The van der Waals surface area contributed by atoms with E-state index in [1.54, 1.807) is 20.1 Å². The van der Waals surface area contributed by atoms with Crippen molar-refractivity contribution in [2.75, 3.05) is 21.3 Å². The van der Waals surface area contributed by atoms with Crippen LogP contribution in [0.2, 0.25) is 0 Å². The molecule has 5 heteroatoms. The summed E-state index contributed by atoms with van der Waals surface area (Å²) in [5.74, 6) is 0.886. The van der Waals surface area contributed by atoms with E-state index in [1.165, 1.54) is 7.11 Å². The Morgan fingerprint density at radius 1 is 1.39 bits per heavy atom. The molecule has 0 fully saturated rings. The zero-order valence-electron chi connectivity index (χ0n) is 11.1. The molecule has 5 nitrogen and oxygen atoms in total. The molecule has 0 saturated carbocycles. The monoisotopic (exact) mass is 253 g/mol.